The average Bonchev–Trinajstić information content (AvgIpc) is 2.52. The molecule has 1 aromatic carbocycles. The van der Waals surface area contributed by atoms with E-state index in [1.54, 1.807) is 12.1 Å². The number of benzene rings is 1. The lowest BCUT2D eigenvalue weighted by Gasteiger charge is -2.33. The van der Waals surface area contributed by atoms with Crippen LogP contribution in [-0.4, -0.2) is 41.7 Å². The van der Waals surface area contributed by atoms with E-state index in [0.717, 1.165) is 18.3 Å². The fraction of sp³-hybridized carbons (Fsp3) is 0.438. The molecule has 2 atom stereocenters. The van der Waals surface area contributed by atoms with Crippen LogP contribution in [0.5, 0.6) is 5.75 Å². The van der Waals surface area contributed by atoms with Gasteiger partial charge < -0.3 is 10.5 Å². The van der Waals surface area contributed by atoms with Crippen LogP contribution in [-0.2, 0) is 6.54 Å². The SMILES string of the molecule is N#CCC1CCN(Cc2ccc(N/N=C\C=N)c(O)c2)CC1F. The van der Waals surface area contributed by atoms with Crippen LogP contribution in [0.2, 0.25) is 0 Å². The molecular weight excluding hydrogens is 297 g/mol. The minimum Gasteiger partial charge on any atom is -0.506 e. The monoisotopic (exact) mass is 317 g/mol. The van der Waals surface area contributed by atoms with Crippen molar-refractivity contribution >= 4 is 18.1 Å². The summed E-state index contributed by atoms with van der Waals surface area (Å²) in [6, 6.07) is 7.20. The molecule has 122 valence electrons. The third-order valence-corrected chi connectivity index (χ3v) is 3.92. The first-order chi connectivity index (χ1) is 11.1. The number of likely N-dealkylation sites (tertiary alicyclic amines) is 1. The molecule has 3 N–H and O–H groups in total. The Balaban J connectivity index is 1.93. The van der Waals surface area contributed by atoms with Crippen molar-refractivity contribution < 1.29 is 9.50 Å². The fourth-order valence-electron chi connectivity index (χ4n) is 2.68. The molecule has 0 radical (unpaired) electrons. The molecule has 6 nitrogen and oxygen atoms in total. The van der Waals surface area contributed by atoms with Crippen molar-refractivity contribution in [1.29, 1.82) is 10.7 Å². The Morgan fingerprint density at radius 2 is 2.39 bits per heavy atom. The quantitative estimate of drug-likeness (QED) is 0.427. The highest BCUT2D eigenvalue weighted by Crippen LogP contribution is 2.27. The Labute approximate surface area is 134 Å². The molecule has 1 saturated heterocycles. The predicted octanol–water partition coefficient (Wildman–Crippen LogP) is 2.51. The van der Waals surface area contributed by atoms with Crippen molar-refractivity contribution in [1.82, 2.24) is 4.90 Å². The van der Waals surface area contributed by atoms with Gasteiger partial charge in [0.15, 0.2) is 0 Å². The lowest BCUT2D eigenvalue weighted by molar-refractivity contribution is 0.0821. The van der Waals surface area contributed by atoms with Gasteiger partial charge in [-0.2, -0.15) is 10.4 Å². The molecule has 7 heteroatoms. The van der Waals surface area contributed by atoms with E-state index in [1.807, 2.05) is 17.0 Å². The van der Waals surface area contributed by atoms with Gasteiger partial charge in [-0.1, -0.05) is 6.07 Å². The van der Waals surface area contributed by atoms with Gasteiger partial charge in [-0.05, 0) is 30.7 Å². The number of halogens is 1. The zero-order chi connectivity index (χ0) is 16.7. The molecule has 2 unspecified atom stereocenters. The van der Waals surface area contributed by atoms with E-state index < -0.39 is 6.17 Å². The number of hydrazone groups is 1. The van der Waals surface area contributed by atoms with Gasteiger partial charge in [-0.3, -0.25) is 10.3 Å². The minimum absolute atomic E-state index is 0.0563. The van der Waals surface area contributed by atoms with E-state index in [0.29, 0.717) is 25.2 Å². The molecule has 0 amide bonds. The van der Waals surface area contributed by atoms with Crippen LogP contribution in [0.15, 0.2) is 23.3 Å². The highest BCUT2D eigenvalue weighted by atomic mass is 19.1. The van der Waals surface area contributed by atoms with E-state index in [4.69, 9.17) is 10.7 Å². The molecular formula is C16H20FN5O. The Kier molecular flexibility index (Phi) is 6.06. The summed E-state index contributed by atoms with van der Waals surface area (Å²) in [6.07, 6.45) is 2.26. The Hall–Kier alpha value is -2.46. The normalized spacial score (nSPS) is 21.9. The first kappa shape index (κ1) is 16.9. The summed E-state index contributed by atoms with van der Waals surface area (Å²) in [5.41, 5.74) is 3.97. The zero-order valence-corrected chi connectivity index (χ0v) is 12.7. The van der Waals surface area contributed by atoms with Crippen molar-refractivity contribution in [3.05, 3.63) is 23.8 Å². The molecule has 0 aromatic heterocycles. The molecule has 2 rings (SSSR count). The maximum absolute atomic E-state index is 14.0. The van der Waals surface area contributed by atoms with Crippen LogP contribution < -0.4 is 5.43 Å². The van der Waals surface area contributed by atoms with Gasteiger partial charge in [-0.15, -0.1) is 0 Å². The standard InChI is InChI=1S/C16H20FN5O/c17-14-11-22(8-4-13(14)3-5-18)10-12-1-2-15(16(23)9-12)21-20-7-6-19/h1-2,6-7,9,13-14,19,21,23H,3-4,8,10-11H2/b19-6?,20-7-. The summed E-state index contributed by atoms with van der Waals surface area (Å²) < 4.78 is 14.0. The smallest absolute Gasteiger partial charge is 0.140 e. The number of alkyl halides is 1. The highest BCUT2D eigenvalue weighted by Gasteiger charge is 2.28. The molecule has 1 aliphatic heterocycles. The number of phenolic OH excluding ortho intramolecular Hbond substituents is 1. The summed E-state index contributed by atoms with van der Waals surface area (Å²) in [7, 11) is 0. The number of nitrogens with one attached hydrogen (secondary N) is 2. The molecule has 0 saturated carbocycles. The van der Waals surface area contributed by atoms with Gasteiger partial charge in [0.25, 0.3) is 0 Å². The van der Waals surface area contributed by atoms with Gasteiger partial charge in [0, 0.05) is 31.6 Å². The van der Waals surface area contributed by atoms with E-state index in [2.05, 4.69) is 10.5 Å². The fourth-order valence-corrected chi connectivity index (χ4v) is 2.68. The number of phenols is 1. The van der Waals surface area contributed by atoms with E-state index >= 15 is 0 Å². The molecule has 1 aliphatic rings. The molecule has 0 aliphatic carbocycles. The molecule has 23 heavy (non-hydrogen) atoms. The van der Waals surface area contributed by atoms with Crippen LogP contribution in [0.1, 0.15) is 18.4 Å². The van der Waals surface area contributed by atoms with Crippen LogP contribution in [0, 0.1) is 22.7 Å². The Morgan fingerprint density at radius 1 is 1.57 bits per heavy atom. The number of nitrogens with zero attached hydrogens (tertiary/aromatic N) is 3. The van der Waals surface area contributed by atoms with Crippen molar-refractivity contribution in [2.75, 3.05) is 18.5 Å². The van der Waals surface area contributed by atoms with Crippen molar-refractivity contribution in [3.63, 3.8) is 0 Å². The number of hydrogen-bond acceptors (Lipinski definition) is 6. The summed E-state index contributed by atoms with van der Waals surface area (Å²) in [6.45, 7) is 1.62. The molecule has 1 aromatic rings. The van der Waals surface area contributed by atoms with Gasteiger partial charge in [0.05, 0.1) is 18.0 Å². The van der Waals surface area contributed by atoms with Crippen LogP contribution in [0.3, 0.4) is 0 Å². The minimum atomic E-state index is -0.978. The molecule has 1 fully saturated rings. The molecule has 0 spiro atoms. The van der Waals surface area contributed by atoms with Crippen molar-refractivity contribution in [2.45, 2.75) is 25.6 Å². The van der Waals surface area contributed by atoms with Gasteiger partial charge in [-0.25, -0.2) is 4.39 Å². The largest absolute Gasteiger partial charge is 0.506 e. The maximum atomic E-state index is 14.0. The molecule has 1 heterocycles. The Morgan fingerprint density at radius 3 is 3.04 bits per heavy atom. The van der Waals surface area contributed by atoms with Gasteiger partial charge >= 0.3 is 0 Å². The van der Waals surface area contributed by atoms with Crippen molar-refractivity contribution in [2.24, 2.45) is 11.0 Å². The van der Waals surface area contributed by atoms with Crippen LogP contribution in [0.4, 0.5) is 10.1 Å². The number of aromatic hydroxyl groups is 1. The highest BCUT2D eigenvalue weighted by molar-refractivity contribution is 6.14. The topological polar surface area (TPSA) is 95.5 Å². The van der Waals surface area contributed by atoms with E-state index in [1.165, 1.54) is 6.21 Å². The first-order valence-corrected chi connectivity index (χ1v) is 7.47. The zero-order valence-electron chi connectivity index (χ0n) is 12.7. The number of piperidine rings is 1. The summed E-state index contributed by atoms with van der Waals surface area (Å²) in [4.78, 5) is 1.99. The summed E-state index contributed by atoms with van der Waals surface area (Å²) in [5.74, 6) is -0.108. The second kappa shape index (κ2) is 8.25. The second-order valence-electron chi connectivity index (χ2n) is 5.57. The average molecular weight is 317 g/mol. The maximum Gasteiger partial charge on any atom is 0.140 e. The molecule has 0 bridgehead atoms. The predicted molar refractivity (Wildman–Crippen MR) is 87.5 cm³/mol. The lowest BCUT2D eigenvalue weighted by atomic mass is 9.92. The number of hydrogen-bond donors (Lipinski definition) is 3. The number of anilines is 1. The Bertz CT molecular complexity index is 613. The van der Waals surface area contributed by atoms with E-state index in [-0.39, 0.29) is 18.1 Å². The number of rotatable bonds is 6. The summed E-state index contributed by atoms with van der Waals surface area (Å²) in [5, 5.41) is 29.2. The van der Waals surface area contributed by atoms with E-state index in [9.17, 15) is 9.50 Å². The van der Waals surface area contributed by atoms with Crippen molar-refractivity contribution in [3.8, 4) is 11.8 Å². The third-order valence-electron chi connectivity index (χ3n) is 3.92. The third kappa shape index (κ3) is 4.76. The van der Waals surface area contributed by atoms with Gasteiger partial charge in [0.1, 0.15) is 11.9 Å². The first-order valence-electron chi connectivity index (χ1n) is 7.47. The number of nitriles is 1. The van der Waals surface area contributed by atoms with Gasteiger partial charge in [0.2, 0.25) is 0 Å². The van der Waals surface area contributed by atoms with Crippen LogP contribution in [0.25, 0.3) is 0 Å². The second-order valence-corrected chi connectivity index (χ2v) is 5.57. The lowest BCUT2D eigenvalue weighted by Crippen LogP contribution is -2.41. The van der Waals surface area contributed by atoms with Crippen LogP contribution >= 0.6 is 0 Å². The summed E-state index contributed by atoms with van der Waals surface area (Å²) >= 11 is 0.